The van der Waals surface area contributed by atoms with Gasteiger partial charge >= 0.3 is 0 Å². The molecule has 0 radical (unpaired) electrons. The molecule has 2 rings (SSSR count). The second-order valence-electron chi connectivity index (χ2n) is 4.39. The standard InChI is InChI=1S/C8H12O.C7H8/c1-2-8(9)6-4-3-5-7-8;1-7-5-3-2-4-6-7/h1,9H,3-7H2;2-6H,1H3. The molecule has 0 bridgehead atoms. The maximum atomic E-state index is 9.44. The van der Waals surface area contributed by atoms with Gasteiger partial charge in [0, 0.05) is 0 Å². The molecule has 1 nitrogen and oxygen atoms in total. The zero-order valence-electron chi connectivity index (χ0n) is 9.95. The Morgan fingerprint density at radius 1 is 1.12 bits per heavy atom. The first-order chi connectivity index (χ1) is 7.66. The van der Waals surface area contributed by atoms with E-state index >= 15 is 0 Å². The zero-order chi connectivity index (χ0) is 11.9. The Kier molecular flexibility index (Phi) is 5.08. The van der Waals surface area contributed by atoms with E-state index in [-0.39, 0.29) is 0 Å². The number of rotatable bonds is 0. The molecule has 0 unspecified atom stereocenters. The van der Waals surface area contributed by atoms with Crippen molar-refractivity contribution < 1.29 is 5.11 Å². The van der Waals surface area contributed by atoms with Crippen LogP contribution in [-0.4, -0.2) is 10.7 Å². The Morgan fingerprint density at radius 2 is 1.69 bits per heavy atom. The Balaban J connectivity index is 0.000000165. The molecule has 1 aromatic rings. The number of aliphatic hydroxyl groups is 1. The second-order valence-corrected chi connectivity index (χ2v) is 4.39. The summed E-state index contributed by atoms with van der Waals surface area (Å²) < 4.78 is 0. The van der Waals surface area contributed by atoms with Crippen LogP contribution in [0.4, 0.5) is 0 Å². The third-order valence-electron chi connectivity index (χ3n) is 2.89. The molecule has 0 heterocycles. The molecule has 0 amide bonds. The summed E-state index contributed by atoms with van der Waals surface area (Å²) in [5, 5.41) is 9.44. The third-order valence-corrected chi connectivity index (χ3v) is 2.89. The van der Waals surface area contributed by atoms with Crippen molar-refractivity contribution in [1.82, 2.24) is 0 Å². The van der Waals surface area contributed by atoms with Crippen molar-refractivity contribution >= 4 is 0 Å². The molecule has 1 aromatic carbocycles. The fourth-order valence-corrected chi connectivity index (χ4v) is 1.82. The van der Waals surface area contributed by atoms with Gasteiger partial charge < -0.3 is 5.11 Å². The lowest BCUT2D eigenvalue weighted by Crippen LogP contribution is -2.28. The van der Waals surface area contributed by atoms with E-state index in [1.54, 1.807) is 0 Å². The predicted molar refractivity (Wildman–Crippen MR) is 68.0 cm³/mol. The minimum absolute atomic E-state index is 0.752. The lowest BCUT2D eigenvalue weighted by Gasteiger charge is -2.26. The van der Waals surface area contributed by atoms with E-state index in [1.807, 2.05) is 18.2 Å². The Hall–Kier alpha value is -1.26. The monoisotopic (exact) mass is 216 g/mol. The summed E-state index contributed by atoms with van der Waals surface area (Å²) in [5.74, 6) is 2.44. The van der Waals surface area contributed by atoms with Crippen LogP contribution in [0.2, 0.25) is 0 Å². The normalized spacial score (nSPS) is 17.8. The maximum Gasteiger partial charge on any atom is 0.125 e. The highest BCUT2D eigenvalue weighted by Gasteiger charge is 2.25. The van der Waals surface area contributed by atoms with Crippen LogP contribution < -0.4 is 0 Å². The molecule has 1 fully saturated rings. The van der Waals surface area contributed by atoms with E-state index in [2.05, 4.69) is 25.0 Å². The molecular formula is C15H20O. The number of hydrogen-bond donors (Lipinski definition) is 1. The van der Waals surface area contributed by atoms with Crippen molar-refractivity contribution in [2.45, 2.75) is 44.6 Å². The van der Waals surface area contributed by atoms with Crippen LogP contribution >= 0.6 is 0 Å². The van der Waals surface area contributed by atoms with Crippen molar-refractivity contribution in [2.24, 2.45) is 0 Å². The number of terminal acetylenes is 1. The molecule has 1 saturated carbocycles. The molecule has 86 valence electrons. The molecule has 0 atom stereocenters. The molecule has 0 aliphatic heterocycles. The van der Waals surface area contributed by atoms with Gasteiger partial charge in [-0.15, -0.1) is 6.42 Å². The van der Waals surface area contributed by atoms with Gasteiger partial charge in [-0.25, -0.2) is 0 Å². The summed E-state index contributed by atoms with van der Waals surface area (Å²) >= 11 is 0. The van der Waals surface area contributed by atoms with Gasteiger partial charge in [-0.05, 0) is 32.6 Å². The topological polar surface area (TPSA) is 20.2 Å². The van der Waals surface area contributed by atoms with E-state index in [0.717, 1.165) is 25.7 Å². The van der Waals surface area contributed by atoms with Gasteiger partial charge in [-0.3, -0.25) is 0 Å². The summed E-state index contributed by atoms with van der Waals surface area (Å²) in [4.78, 5) is 0. The third kappa shape index (κ3) is 4.51. The predicted octanol–water partition coefficient (Wildman–Crippen LogP) is 3.31. The maximum absolute atomic E-state index is 9.44. The second kappa shape index (κ2) is 6.35. The van der Waals surface area contributed by atoms with Gasteiger partial charge in [0.1, 0.15) is 5.60 Å². The first-order valence-corrected chi connectivity index (χ1v) is 5.88. The van der Waals surface area contributed by atoms with Gasteiger partial charge in [-0.1, -0.05) is 48.2 Å². The molecule has 1 aliphatic rings. The minimum Gasteiger partial charge on any atom is -0.378 e. The quantitative estimate of drug-likeness (QED) is 0.660. The zero-order valence-corrected chi connectivity index (χ0v) is 9.95. The average Bonchev–Trinajstić information content (AvgIpc) is 2.32. The number of benzene rings is 1. The average molecular weight is 216 g/mol. The van der Waals surface area contributed by atoms with Gasteiger partial charge in [-0.2, -0.15) is 0 Å². The van der Waals surface area contributed by atoms with Crippen LogP contribution in [0.3, 0.4) is 0 Å². The van der Waals surface area contributed by atoms with Crippen molar-refractivity contribution in [3.8, 4) is 12.3 Å². The molecule has 0 saturated heterocycles. The van der Waals surface area contributed by atoms with Crippen LogP contribution in [-0.2, 0) is 0 Å². The molecule has 1 aliphatic carbocycles. The van der Waals surface area contributed by atoms with E-state index in [0.29, 0.717) is 0 Å². The Morgan fingerprint density at radius 3 is 2.00 bits per heavy atom. The molecule has 1 N–H and O–H groups in total. The van der Waals surface area contributed by atoms with Crippen LogP contribution in [0.1, 0.15) is 37.7 Å². The minimum atomic E-state index is -0.752. The van der Waals surface area contributed by atoms with Crippen LogP contribution in [0, 0.1) is 19.3 Å². The van der Waals surface area contributed by atoms with E-state index in [1.165, 1.54) is 12.0 Å². The summed E-state index contributed by atoms with van der Waals surface area (Å²) in [6.07, 6.45) is 10.1. The fraction of sp³-hybridized carbons (Fsp3) is 0.467. The van der Waals surface area contributed by atoms with Gasteiger partial charge in [0.25, 0.3) is 0 Å². The molecular weight excluding hydrogens is 196 g/mol. The molecule has 16 heavy (non-hydrogen) atoms. The van der Waals surface area contributed by atoms with Crippen LogP contribution in [0.15, 0.2) is 30.3 Å². The van der Waals surface area contributed by atoms with Gasteiger partial charge in [0.2, 0.25) is 0 Å². The van der Waals surface area contributed by atoms with Crippen molar-refractivity contribution in [1.29, 1.82) is 0 Å². The lowest BCUT2D eigenvalue weighted by molar-refractivity contribution is 0.0612. The Labute approximate surface area is 98.5 Å². The van der Waals surface area contributed by atoms with E-state index in [4.69, 9.17) is 6.42 Å². The summed E-state index contributed by atoms with van der Waals surface area (Å²) in [7, 11) is 0. The Bertz CT molecular complexity index is 328. The number of hydrogen-bond acceptors (Lipinski definition) is 1. The van der Waals surface area contributed by atoms with E-state index < -0.39 is 5.60 Å². The van der Waals surface area contributed by atoms with E-state index in [9.17, 15) is 5.11 Å². The summed E-state index contributed by atoms with van der Waals surface area (Å²) in [5.41, 5.74) is 0.570. The first kappa shape index (κ1) is 12.8. The number of aryl methyl sites for hydroxylation is 1. The first-order valence-electron chi connectivity index (χ1n) is 5.88. The highest BCUT2D eigenvalue weighted by atomic mass is 16.3. The summed E-state index contributed by atoms with van der Waals surface area (Å²) in [6, 6.07) is 10.3. The van der Waals surface area contributed by atoms with Crippen molar-refractivity contribution in [3.05, 3.63) is 35.9 Å². The summed E-state index contributed by atoms with van der Waals surface area (Å²) in [6.45, 7) is 2.08. The SMILES string of the molecule is C#CC1(O)CCCCC1.Cc1ccccc1. The van der Waals surface area contributed by atoms with Gasteiger partial charge in [0.15, 0.2) is 0 Å². The van der Waals surface area contributed by atoms with Crippen LogP contribution in [0.25, 0.3) is 0 Å². The molecule has 0 spiro atoms. The van der Waals surface area contributed by atoms with Crippen LogP contribution in [0.5, 0.6) is 0 Å². The molecule has 1 heteroatoms. The lowest BCUT2D eigenvalue weighted by atomic mass is 9.86. The van der Waals surface area contributed by atoms with Crippen molar-refractivity contribution in [2.75, 3.05) is 0 Å². The smallest absolute Gasteiger partial charge is 0.125 e. The molecule has 0 aromatic heterocycles. The highest BCUT2D eigenvalue weighted by molar-refractivity contribution is 5.11. The largest absolute Gasteiger partial charge is 0.378 e. The van der Waals surface area contributed by atoms with Crippen molar-refractivity contribution in [3.63, 3.8) is 0 Å². The van der Waals surface area contributed by atoms with Gasteiger partial charge in [0.05, 0.1) is 0 Å². The highest BCUT2D eigenvalue weighted by Crippen LogP contribution is 2.26. The fourth-order valence-electron chi connectivity index (χ4n) is 1.82.